The molecule has 0 radical (unpaired) electrons. The van der Waals surface area contributed by atoms with Crippen molar-refractivity contribution in [3.05, 3.63) is 91.5 Å². The molecule has 1 aromatic heterocycles. The molecule has 0 unspecified atom stereocenters. The van der Waals surface area contributed by atoms with Gasteiger partial charge in [0.1, 0.15) is 11.1 Å². The molecule has 0 saturated carbocycles. The number of nitrogens with zero attached hydrogens (tertiary/aromatic N) is 3. The van der Waals surface area contributed by atoms with Crippen LogP contribution in [-0.4, -0.2) is 20.7 Å². The highest BCUT2D eigenvalue weighted by molar-refractivity contribution is 6.06. The van der Waals surface area contributed by atoms with Gasteiger partial charge in [-0.15, -0.1) is 0 Å². The number of carbonyl (C=O) groups excluding carboxylic acids is 1. The zero-order valence-electron chi connectivity index (χ0n) is 17.0. The number of rotatable bonds is 5. The predicted octanol–water partition coefficient (Wildman–Crippen LogP) is 5.18. The number of nitro benzene ring substituents is 2. The van der Waals surface area contributed by atoms with E-state index in [0.717, 1.165) is 23.3 Å². The Labute approximate surface area is 180 Å². The third-order valence-corrected chi connectivity index (χ3v) is 4.95. The van der Waals surface area contributed by atoms with Crippen LogP contribution in [0.5, 0.6) is 0 Å². The lowest BCUT2D eigenvalue weighted by Gasteiger charge is -2.06. The van der Waals surface area contributed by atoms with Crippen molar-refractivity contribution in [2.45, 2.75) is 13.8 Å². The predicted molar refractivity (Wildman–Crippen MR) is 117 cm³/mol. The van der Waals surface area contributed by atoms with Gasteiger partial charge in [0.15, 0.2) is 5.58 Å². The fourth-order valence-electron chi connectivity index (χ4n) is 3.22. The third-order valence-electron chi connectivity index (χ3n) is 4.95. The van der Waals surface area contributed by atoms with Crippen LogP contribution in [0.2, 0.25) is 0 Å². The molecule has 32 heavy (non-hydrogen) atoms. The summed E-state index contributed by atoms with van der Waals surface area (Å²) in [6.07, 6.45) is 0. The number of nitro groups is 2. The second kappa shape index (κ2) is 7.91. The van der Waals surface area contributed by atoms with Crippen molar-refractivity contribution in [1.82, 2.24) is 4.98 Å². The molecule has 0 aliphatic rings. The van der Waals surface area contributed by atoms with E-state index in [9.17, 15) is 25.0 Å². The van der Waals surface area contributed by atoms with Crippen molar-refractivity contribution >= 4 is 34.1 Å². The number of carbonyl (C=O) groups is 1. The largest absolute Gasteiger partial charge is 0.436 e. The molecule has 0 fully saturated rings. The van der Waals surface area contributed by atoms with Gasteiger partial charge in [0.05, 0.1) is 15.4 Å². The maximum atomic E-state index is 12.7. The Balaban J connectivity index is 1.64. The van der Waals surface area contributed by atoms with E-state index in [0.29, 0.717) is 22.7 Å². The van der Waals surface area contributed by atoms with Gasteiger partial charge in [0.2, 0.25) is 5.89 Å². The maximum Gasteiger partial charge on any atom is 0.279 e. The Morgan fingerprint density at radius 1 is 0.938 bits per heavy atom. The average Bonchev–Trinajstić information content (AvgIpc) is 3.17. The molecule has 0 aliphatic heterocycles. The van der Waals surface area contributed by atoms with Gasteiger partial charge in [-0.2, -0.15) is 0 Å². The fourth-order valence-corrected chi connectivity index (χ4v) is 3.22. The summed E-state index contributed by atoms with van der Waals surface area (Å²) in [5, 5.41) is 25.1. The second-order valence-corrected chi connectivity index (χ2v) is 7.18. The Morgan fingerprint density at radius 2 is 1.56 bits per heavy atom. The van der Waals surface area contributed by atoms with Crippen molar-refractivity contribution in [2.24, 2.45) is 0 Å². The standard InChI is InChI=1S/C22H16N4O6/c1-12-3-5-14(6-4-12)22-24-17-11-16(7-8-20(17)32-22)23-21(27)15-9-18(25(28)29)13(2)19(10-15)26(30)31/h3-11H,1-2H3,(H,23,27). The highest BCUT2D eigenvalue weighted by atomic mass is 16.6. The van der Waals surface area contributed by atoms with Crippen molar-refractivity contribution in [2.75, 3.05) is 5.32 Å². The fraction of sp³-hybridized carbons (Fsp3) is 0.0909. The van der Waals surface area contributed by atoms with Crippen LogP contribution in [0.3, 0.4) is 0 Å². The summed E-state index contributed by atoms with van der Waals surface area (Å²) < 4.78 is 5.76. The number of hydrogen-bond donors (Lipinski definition) is 1. The third kappa shape index (κ3) is 3.88. The van der Waals surface area contributed by atoms with Gasteiger partial charge < -0.3 is 9.73 Å². The van der Waals surface area contributed by atoms with E-state index in [1.165, 1.54) is 6.92 Å². The number of fused-ring (bicyclic) bond motifs is 1. The van der Waals surface area contributed by atoms with E-state index in [2.05, 4.69) is 10.3 Å². The lowest BCUT2D eigenvalue weighted by molar-refractivity contribution is -0.395. The van der Waals surface area contributed by atoms with Gasteiger partial charge in [0.25, 0.3) is 17.3 Å². The molecule has 160 valence electrons. The molecule has 3 aromatic carbocycles. The summed E-state index contributed by atoms with van der Waals surface area (Å²) in [6.45, 7) is 3.24. The van der Waals surface area contributed by atoms with Crippen LogP contribution in [0.15, 0.2) is 59.0 Å². The van der Waals surface area contributed by atoms with E-state index >= 15 is 0 Å². The first-order chi connectivity index (χ1) is 15.2. The van der Waals surface area contributed by atoms with Gasteiger partial charge in [-0.1, -0.05) is 17.7 Å². The number of anilines is 1. The molecule has 0 atom stereocenters. The highest BCUT2D eigenvalue weighted by Crippen LogP contribution is 2.30. The summed E-state index contributed by atoms with van der Waals surface area (Å²) in [5.41, 5.74) is 1.96. The molecule has 1 amide bonds. The van der Waals surface area contributed by atoms with E-state index in [-0.39, 0.29) is 11.1 Å². The van der Waals surface area contributed by atoms with Gasteiger partial charge >= 0.3 is 0 Å². The Bertz CT molecular complexity index is 1360. The van der Waals surface area contributed by atoms with Crippen molar-refractivity contribution in [3.63, 3.8) is 0 Å². The summed E-state index contributed by atoms with van der Waals surface area (Å²) in [7, 11) is 0. The quantitative estimate of drug-likeness (QED) is 0.338. The molecular weight excluding hydrogens is 416 g/mol. The highest BCUT2D eigenvalue weighted by Gasteiger charge is 2.25. The number of oxazole rings is 1. The number of aromatic nitrogens is 1. The molecule has 0 spiro atoms. The first kappa shape index (κ1) is 20.7. The second-order valence-electron chi connectivity index (χ2n) is 7.18. The van der Waals surface area contributed by atoms with Crippen LogP contribution < -0.4 is 5.32 Å². The molecule has 1 N–H and O–H groups in total. The van der Waals surface area contributed by atoms with Crippen LogP contribution >= 0.6 is 0 Å². The first-order valence-corrected chi connectivity index (χ1v) is 9.45. The first-order valence-electron chi connectivity index (χ1n) is 9.45. The summed E-state index contributed by atoms with van der Waals surface area (Å²) in [5.74, 6) is -0.300. The topological polar surface area (TPSA) is 141 Å². The molecule has 0 aliphatic carbocycles. The van der Waals surface area contributed by atoms with Crippen LogP contribution in [0.4, 0.5) is 17.1 Å². The van der Waals surface area contributed by atoms with Gasteiger partial charge in [-0.25, -0.2) is 4.98 Å². The maximum absolute atomic E-state index is 12.7. The lowest BCUT2D eigenvalue weighted by atomic mass is 10.1. The monoisotopic (exact) mass is 432 g/mol. The average molecular weight is 432 g/mol. The molecule has 4 rings (SSSR count). The van der Waals surface area contributed by atoms with E-state index in [1.54, 1.807) is 18.2 Å². The van der Waals surface area contributed by atoms with E-state index < -0.39 is 27.1 Å². The molecule has 1 heterocycles. The van der Waals surface area contributed by atoms with Gasteiger partial charge in [-0.05, 0) is 44.2 Å². The normalized spacial score (nSPS) is 10.8. The molecule has 0 bridgehead atoms. The minimum absolute atomic E-state index is 0.121. The van der Waals surface area contributed by atoms with E-state index in [4.69, 9.17) is 4.42 Å². The Hall–Kier alpha value is -4.60. The van der Waals surface area contributed by atoms with Crippen LogP contribution in [0, 0.1) is 34.1 Å². The lowest BCUT2D eigenvalue weighted by Crippen LogP contribution is -2.13. The smallest absolute Gasteiger partial charge is 0.279 e. The van der Waals surface area contributed by atoms with Gasteiger partial charge in [-0.3, -0.25) is 25.0 Å². The molecule has 10 nitrogen and oxygen atoms in total. The molecular formula is C22H16N4O6. The SMILES string of the molecule is Cc1ccc(-c2nc3cc(NC(=O)c4cc([N+](=O)[O-])c(C)c([N+](=O)[O-])c4)ccc3o2)cc1. The van der Waals surface area contributed by atoms with Crippen LogP contribution in [0.1, 0.15) is 21.5 Å². The summed E-state index contributed by atoms with van der Waals surface area (Å²) >= 11 is 0. The van der Waals surface area contributed by atoms with E-state index in [1.807, 2.05) is 31.2 Å². The molecule has 10 heteroatoms. The number of aryl methyl sites for hydroxylation is 1. The zero-order chi connectivity index (χ0) is 23.0. The van der Waals surface area contributed by atoms with Crippen molar-refractivity contribution in [3.8, 4) is 11.5 Å². The minimum Gasteiger partial charge on any atom is -0.436 e. The Kier molecular flexibility index (Phi) is 5.11. The Morgan fingerprint density at radius 3 is 2.16 bits per heavy atom. The molecule has 0 saturated heterocycles. The zero-order valence-corrected chi connectivity index (χ0v) is 17.0. The molecule has 4 aromatic rings. The number of hydrogen-bond acceptors (Lipinski definition) is 7. The van der Waals surface area contributed by atoms with Gasteiger partial charge in [0, 0.05) is 23.4 Å². The van der Waals surface area contributed by atoms with Crippen molar-refractivity contribution in [1.29, 1.82) is 0 Å². The number of amides is 1. The number of benzene rings is 3. The summed E-state index contributed by atoms with van der Waals surface area (Å²) in [4.78, 5) is 38.1. The van der Waals surface area contributed by atoms with Crippen LogP contribution in [-0.2, 0) is 0 Å². The van der Waals surface area contributed by atoms with Crippen molar-refractivity contribution < 1.29 is 19.1 Å². The number of nitrogens with one attached hydrogen (secondary N) is 1. The summed E-state index contributed by atoms with van der Waals surface area (Å²) in [6, 6.07) is 14.5. The minimum atomic E-state index is -0.757. The van der Waals surface area contributed by atoms with Crippen LogP contribution in [0.25, 0.3) is 22.6 Å².